The normalized spacial score (nSPS) is 11.9. The second-order valence-electron chi connectivity index (χ2n) is 5.63. The van der Waals surface area contributed by atoms with Crippen molar-refractivity contribution in [3.63, 3.8) is 0 Å². The Morgan fingerprint density at radius 3 is 2.27 bits per heavy atom. The van der Waals surface area contributed by atoms with E-state index in [1.54, 1.807) is 4.68 Å². The molecule has 3 aromatic rings. The number of hydrogen-bond donors (Lipinski definition) is 0. The Balaban J connectivity index is 1.95. The number of aromatic nitrogens is 4. The highest BCUT2D eigenvalue weighted by molar-refractivity contribution is 8.00. The van der Waals surface area contributed by atoms with Crippen LogP contribution in [0, 0.1) is 0 Å². The van der Waals surface area contributed by atoms with E-state index in [-0.39, 0.29) is 5.91 Å². The summed E-state index contributed by atoms with van der Waals surface area (Å²) >= 11 is 1.37. The van der Waals surface area contributed by atoms with Gasteiger partial charge in [0.25, 0.3) is 0 Å². The maximum Gasteiger partial charge on any atom is 0.240 e. The van der Waals surface area contributed by atoms with Gasteiger partial charge >= 0.3 is 0 Å². The minimum Gasteiger partial charge on any atom is -0.342 e. The summed E-state index contributed by atoms with van der Waals surface area (Å²) < 4.78 is 1.66. The monoisotopic (exact) mass is 367 g/mol. The number of benzene rings is 2. The van der Waals surface area contributed by atoms with Gasteiger partial charge in [0, 0.05) is 13.1 Å². The van der Waals surface area contributed by atoms with Crippen LogP contribution in [0.5, 0.6) is 0 Å². The van der Waals surface area contributed by atoms with Gasteiger partial charge in [-0.1, -0.05) is 60.3 Å². The molecule has 1 aromatic heterocycles. The summed E-state index contributed by atoms with van der Waals surface area (Å²) in [5, 5.41) is 12.2. The Labute approximate surface area is 157 Å². The van der Waals surface area contributed by atoms with E-state index in [1.807, 2.05) is 79.4 Å². The van der Waals surface area contributed by atoms with Crippen LogP contribution in [0.15, 0.2) is 65.8 Å². The molecule has 0 N–H and O–H groups in total. The highest BCUT2D eigenvalue weighted by Crippen LogP contribution is 2.36. The second-order valence-corrected chi connectivity index (χ2v) is 6.70. The van der Waals surface area contributed by atoms with Crippen LogP contribution in [0.2, 0.25) is 0 Å². The number of amides is 1. The SMILES string of the molecule is CCN(CC)C(=O)[C@H](Sc1nnnn1-c1ccccc1)c1ccccc1. The quantitative estimate of drug-likeness (QED) is 0.599. The molecule has 0 aliphatic carbocycles. The second kappa shape index (κ2) is 8.62. The van der Waals surface area contributed by atoms with Gasteiger partial charge in [0.15, 0.2) is 0 Å². The molecule has 6 nitrogen and oxygen atoms in total. The van der Waals surface area contributed by atoms with E-state index < -0.39 is 5.25 Å². The fourth-order valence-electron chi connectivity index (χ4n) is 2.68. The number of hydrogen-bond acceptors (Lipinski definition) is 5. The lowest BCUT2D eigenvalue weighted by Gasteiger charge is -2.24. The summed E-state index contributed by atoms with van der Waals surface area (Å²) in [6, 6.07) is 19.4. The summed E-state index contributed by atoms with van der Waals surface area (Å²) in [6.45, 7) is 5.32. The first-order valence-corrected chi connectivity index (χ1v) is 9.46. The molecule has 26 heavy (non-hydrogen) atoms. The number of para-hydroxylation sites is 1. The first-order valence-electron chi connectivity index (χ1n) is 8.58. The lowest BCUT2D eigenvalue weighted by molar-refractivity contribution is -0.130. The van der Waals surface area contributed by atoms with Crippen LogP contribution in [0.3, 0.4) is 0 Å². The molecular formula is C19H21N5OS. The van der Waals surface area contributed by atoms with Crippen molar-refractivity contribution >= 4 is 17.7 Å². The van der Waals surface area contributed by atoms with Crippen molar-refractivity contribution in [3.8, 4) is 5.69 Å². The summed E-state index contributed by atoms with van der Waals surface area (Å²) in [5.74, 6) is 0.0637. The first kappa shape index (κ1) is 18.1. The van der Waals surface area contributed by atoms with Gasteiger partial charge in [-0.2, -0.15) is 4.68 Å². The Bertz CT molecular complexity index is 833. The van der Waals surface area contributed by atoms with Crippen LogP contribution in [-0.4, -0.2) is 44.1 Å². The minimum absolute atomic E-state index is 0.0637. The van der Waals surface area contributed by atoms with Gasteiger partial charge in [-0.05, 0) is 42.0 Å². The maximum absolute atomic E-state index is 13.1. The van der Waals surface area contributed by atoms with Crippen LogP contribution < -0.4 is 0 Å². The smallest absolute Gasteiger partial charge is 0.240 e. The number of nitrogens with zero attached hydrogens (tertiary/aromatic N) is 5. The van der Waals surface area contributed by atoms with Crippen LogP contribution in [0.25, 0.3) is 5.69 Å². The van der Waals surface area contributed by atoms with E-state index in [4.69, 9.17) is 0 Å². The van der Waals surface area contributed by atoms with E-state index in [0.717, 1.165) is 11.3 Å². The predicted molar refractivity (Wildman–Crippen MR) is 102 cm³/mol. The number of carbonyl (C=O) groups is 1. The molecule has 1 amide bonds. The van der Waals surface area contributed by atoms with Crippen molar-refractivity contribution in [2.75, 3.05) is 13.1 Å². The highest BCUT2D eigenvalue weighted by Gasteiger charge is 2.28. The Hall–Kier alpha value is -2.67. The van der Waals surface area contributed by atoms with Gasteiger partial charge in [0.2, 0.25) is 11.1 Å². The molecule has 0 unspecified atom stereocenters. The van der Waals surface area contributed by atoms with E-state index in [2.05, 4.69) is 15.5 Å². The summed E-state index contributed by atoms with van der Waals surface area (Å²) in [5.41, 5.74) is 1.80. The third kappa shape index (κ3) is 3.94. The van der Waals surface area contributed by atoms with Crippen LogP contribution in [-0.2, 0) is 4.79 Å². The lowest BCUT2D eigenvalue weighted by atomic mass is 10.1. The van der Waals surface area contributed by atoms with E-state index in [1.165, 1.54) is 11.8 Å². The van der Waals surface area contributed by atoms with Crippen LogP contribution >= 0.6 is 11.8 Å². The Kier molecular flexibility index (Phi) is 6.01. The average Bonchev–Trinajstić information content (AvgIpc) is 3.16. The predicted octanol–water partition coefficient (Wildman–Crippen LogP) is 3.36. The molecular weight excluding hydrogens is 346 g/mol. The molecule has 0 spiro atoms. The molecule has 0 saturated heterocycles. The van der Waals surface area contributed by atoms with Gasteiger partial charge in [0.05, 0.1) is 5.69 Å². The lowest BCUT2D eigenvalue weighted by Crippen LogP contribution is -2.34. The summed E-state index contributed by atoms with van der Waals surface area (Å²) in [6.07, 6.45) is 0. The molecule has 0 bridgehead atoms. The van der Waals surface area contributed by atoms with Crippen LogP contribution in [0.1, 0.15) is 24.7 Å². The van der Waals surface area contributed by atoms with Crippen molar-refractivity contribution in [1.82, 2.24) is 25.1 Å². The van der Waals surface area contributed by atoms with Crippen molar-refractivity contribution in [2.45, 2.75) is 24.3 Å². The number of carbonyl (C=O) groups excluding carboxylic acids is 1. The summed E-state index contributed by atoms with van der Waals surface area (Å²) in [7, 11) is 0. The molecule has 0 saturated carbocycles. The van der Waals surface area contributed by atoms with E-state index in [0.29, 0.717) is 18.2 Å². The zero-order valence-corrected chi connectivity index (χ0v) is 15.6. The first-order chi connectivity index (χ1) is 12.7. The van der Waals surface area contributed by atoms with Gasteiger partial charge in [-0.3, -0.25) is 4.79 Å². The van der Waals surface area contributed by atoms with Gasteiger partial charge < -0.3 is 4.90 Å². The summed E-state index contributed by atoms with van der Waals surface area (Å²) in [4.78, 5) is 14.9. The standard InChI is InChI=1S/C19H21N5OS/c1-3-23(4-2)18(25)17(15-11-7-5-8-12-15)26-19-20-21-22-24(19)16-13-9-6-10-14-16/h5-14,17H,3-4H2,1-2H3/t17-/m1/s1. The van der Waals surface area contributed by atoms with E-state index in [9.17, 15) is 4.79 Å². The van der Waals surface area contributed by atoms with Crippen molar-refractivity contribution in [2.24, 2.45) is 0 Å². The number of rotatable bonds is 7. The van der Waals surface area contributed by atoms with Crippen molar-refractivity contribution < 1.29 is 4.79 Å². The zero-order chi connectivity index (χ0) is 18.4. The van der Waals surface area contributed by atoms with Gasteiger partial charge in [-0.15, -0.1) is 5.10 Å². The third-order valence-corrected chi connectivity index (χ3v) is 5.24. The number of tetrazole rings is 1. The maximum atomic E-state index is 13.1. The molecule has 0 fully saturated rings. The van der Waals surface area contributed by atoms with Crippen LogP contribution in [0.4, 0.5) is 0 Å². The largest absolute Gasteiger partial charge is 0.342 e. The molecule has 1 heterocycles. The fraction of sp³-hybridized carbons (Fsp3) is 0.263. The van der Waals surface area contributed by atoms with Gasteiger partial charge in [0.1, 0.15) is 5.25 Å². The van der Waals surface area contributed by atoms with Crippen molar-refractivity contribution in [1.29, 1.82) is 0 Å². The Morgan fingerprint density at radius 2 is 1.65 bits per heavy atom. The zero-order valence-electron chi connectivity index (χ0n) is 14.8. The van der Waals surface area contributed by atoms with E-state index >= 15 is 0 Å². The molecule has 1 atom stereocenters. The highest BCUT2D eigenvalue weighted by atomic mass is 32.2. The topological polar surface area (TPSA) is 63.9 Å². The molecule has 0 radical (unpaired) electrons. The molecule has 0 aliphatic rings. The van der Waals surface area contributed by atoms with Crippen molar-refractivity contribution in [3.05, 3.63) is 66.2 Å². The number of likely N-dealkylation sites (N-methyl/N-ethyl adjacent to an activating group) is 1. The molecule has 134 valence electrons. The molecule has 7 heteroatoms. The third-order valence-electron chi connectivity index (χ3n) is 4.07. The fourth-order valence-corrected chi connectivity index (χ4v) is 3.76. The van der Waals surface area contributed by atoms with Gasteiger partial charge in [-0.25, -0.2) is 0 Å². The minimum atomic E-state index is -0.399. The molecule has 3 rings (SSSR count). The molecule has 0 aliphatic heterocycles. The molecule has 2 aromatic carbocycles. The average molecular weight is 367 g/mol. The number of thioether (sulfide) groups is 1. The Morgan fingerprint density at radius 1 is 1.04 bits per heavy atom.